The van der Waals surface area contributed by atoms with Gasteiger partial charge in [-0.1, -0.05) is 12.1 Å². The molecule has 250 valence electrons. The van der Waals surface area contributed by atoms with Crippen molar-refractivity contribution >= 4 is 29.8 Å². The van der Waals surface area contributed by atoms with Crippen LogP contribution in [0.25, 0.3) is 0 Å². The number of amidine groups is 1. The molecule has 45 heavy (non-hydrogen) atoms. The molecular formula is C30H46N6O9. The molecule has 0 bridgehead atoms. The highest BCUT2D eigenvalue weighted by atomic mass is 16.6. The molecule has 3 unspecified atom stereocenters. The van der Waals surface area contributed by atoms with Crippen LogP contribution in [0.2, 0.25) is 0 Å². The van der Waals surface area contributed by atoms with Gasteiger partial charge in [0, 0.05) is 32.6 Å². The zero-order valence-corrected chi connectivity index (χ0v) is 26.8. The molecule has 2 fully saturated rings. The number of carbonyl (C=O) groups is 4. The third kappa shape index (κ3) is 8.83. The van der Waals surface area contributed by atoms with Crippen LogP contribution in [0.1, 0.15) is 47.1 Å². The van der Waals surface area contributed by atoms with Crippen LogP contribution in [0.15, 0.2) is 24.3 Å². The van der Waals surface area contributed by atoms with Gasteiger partial charge < -0.3 is 45.7 Å². The number of aliphatic carboxylic acids is 1. The zero-order chi connectivity index (χ0) is 33.8. The Morgan fingerprint density at radius 1 is 1.02 bits per heavy atom. The second-order valence-electron chi connectivity index (χ2n) is 13.3. The fourth-order valence-corrected chi connectivity index (χ4v) is 4.95. The van der Waals surface area contributed by atoms with Crippen molar-refractivity contribution in [2.24, 2.45) is 11.5 Å². The summed E-state index contributed by atoms with van der Waals surface area (Å²) in [6, 6.07) is 6.31. The average molecular weight is 635 g/mol. The first-order valence-electron chi connectivity index (χ1n) is 14.7. The summed E-state index contributed by atoms with van der Waals surface area (Å²) in [5.41, 5.74) is 6.77. The van der Waals surface area contributed by atoms with Crippen LogP contribution in [0.4, 0.5) is 4.79 Å². The molecule has 3 rings (SSSR count). The lowest BCUT2D eigenvalue weighted by molar-refractivity contribution is -0.169. The van der Waals surface area contributed by atoms with Crippen LogP contribution >= 0.6 is 0 Å². The number of amides is 1. The molecule has 2 saturated heterocycles. The van der Waals surface area contributed by atoms with Gasteiger partial charge in [0.1, 0.15) is 29.4 Å². The Morgan fingerprint density at radius 2 is 1.58 bits per heavy atom. The maximum Gasteiger partial charge on any atom is 0.410 e. The van der Waals surface area contributed by atoms with Crippen molar-refractivity contribution in [2.75, 3.05) is 45.9 Å². The number of hydrogen-bond donors (Lipinski definition) is 5. The maximum absolute atomic E-state index is 13.6. The summed E-state index contributed by atoms with van der Waals surface area (Å²) in [6.45, 7) is 11.8. The van der Waals surface area contributed by atoms with Crippen molar-refractivity contribution in [2.45, 2.75) is 76.3 Å². The minimum atomic E-state index is -2.28. The van der Waals surface area contributed by atoms with E-state index in [0.29, 0.717) is 37.5 Å². The van der Waals surface area contributed by atoms with Gasteiger partial charge in [-0.05, 0) is 59.2 Å². The fourth-order valence-electron chi connectivity index (χ4n) is 4.95. The molecule has 2 aliphatic heterocycles. The van der Waals surface area contributed by atoms with E-state index in [4.69, 9.17) is 35.8 Å². The van der Waals surface area contributed by atoms with E-state index in [2.05, 4.69) is 5.32 Å². The summed E-state index contributed by atoms with van der Waals surface area (Å²) in [6.07, 6.45) is -1.69. The normalized spacial score (nSPS) is 20.4. The van der Waals surface area contributed by atoms with Crippen molar-refractivity contribution in [1.82, 2.24) is 15.1 Å². The van der Waals surface area contributed by atoms with Gasteiger partial charge in [-0.3, -0.25) is 10.3 Å². The summed E-state index contributed by atoms with van der Waals surface area (Å²) in [5, 5.41) is 21.3. The van der Waals surface area contributed by atoms with Gasteiger partial charge in [0.25, 0.3) is 0 Å². The van der Waals surface area contributed by atoms with E-state index in [-0.39, 0.29) is 26.1 Å². The number of nitrogens with zero attached hydrogens (tertiary/aromatic N) is 2. The smallest absolute Gasteiger partial charge is 0.410 e. The average Bonchev–Trinajstić information content (AvgIpc) is 3.28. The monoisotopic (exact) mass is 634 g/mol. The van der Waals surface area contributed by atoms with Crippen molar-refractivity contribution < 1.29 is 43.2 Å². The number of ether oxygens (including phenoxy) is 4. The number of piperazine rings is 1. The summed E-state index contributed by atoms with van der Waals surface area (Å²) in [4.78, 5) is 54.0. The van der Waals surface area contributed by atoms with E-state index >= 15 is 0 Å². The third-order valence-corrected chi connectivity index (χ3v) is 7.20. The number of nitrogens with two attached hydrogens (primary N) is 2. The lowest BCUT2D eigenvalue weighted by Crippen LogP contribution is -2.71. The molecular weight excluding hydrogens is 588 g/mol. The predicted octanol–water partition coefficient (Wildman–Crippen LogP) is 0.474. The Balaban J connectivity index is 1.68. The molecule has 2 heterocycles. The highest BCUT2D eigenvalue weighted by molar-refractivity contribution is 6.09. The van der Waals surface area contributed by atoms with Crippen molar-refractivity contribution in [3.8, 4) is 5.75 Å². The lowest BCUT2D eigenvalue weighted by atomic mass is 9.91. The highest BCUT2D eigenvalue weighted by Gasteiger charge is 2.53. The second kappa shape index (κ2) is 13.6. The van der Waals surface area contributed by atoms with Gasteiger partial charge in [-0.15, -0.1) is 0 Å². The summed E-state index contributed by atoms with van der Waals surface area (Å²) in [7, 11) is 0. The SMILES string of the molecule is CC(C)(C)OC(=O)C(N)(Cc1ccc(OCC2CN(CC(C(=N)N)(C(=O)OC(C)(C)C)N3CCNCC3)C(=O)O2)cc1)C(=O)O. The van der Waals surface area contributed by atoms with Gasteiger partial charge in [0.2, 0.25) is 5.54 Å². The molecule has 0 aromatic heterocycles. The summed E-state index contributed by atoms with van der Waals surface area (Å²) in [5.74, 6) is -3.30. The molecule has 2 aliphatic rings. The Bertz CT molecular complexity index is 1270. The van der Waals surface area contributed by atoms with Gasteiger partial charge in [-0.25, -0.2) is 19.2 Å². The first-order chi connectivity index (χ1) is 20.8. The second-order valence-corrected chi connectivity index (χ2v) is 13.3. The Kier molecular flexibility index (Phi) is 10.7. The fraction of sp³-hybridized carbons (Fsp3) is 0.633. The number of carbonyl (C=O) groups excluding carboxylic acids is 3. The van der Waals surface area contributed by atoms with Crippen LogP contribution in [-0.4, -0.2) is 119 Å². The van der Waals surface area contributed by atoms with Gasteiger partial charge >= 0.3 is 24.0 Å². The first kappa shape index (κ1) is 35.5. The molecule has 0 spiro atoms. The summed E-state index contributed by atoms with van der Waals surface area (Å²) >= 11 is 0. The summed E-state index contributed by atoms with van der Waals surface area (Å²) < 4.78 is 22.2. The van der Waals surface area contributed by atoms with Crippen LogP contribution < -0.4 is 21.5 Å². The van der Waals surface area contributed by atoms with Gasteiger partial charge in [0.05, 0.1) is 13.1 Å². The molecule has 0 radical (unpaired) electrons. The lowest BCUT2D eigenvalue weighted by Gasteiger charge is -2.45. The largest absolute Gasteiger partial charge is 0.490 e. The highest BCUT2D eigenvalue weighted by Crippen LogP contribution is 2.27. The molecule has 3 atom stereocenters. The molecule has 7 N–H and O–H groups in total. The number of benzene rings is 1. The quantitative estimate of drug-likeness (QED) is 0.0695. The minimum Gasteiger partial charge on any atom is -0.490 e. The van der Waals surface area contributed by atoms with Crippen molar-refractivity contribution in [3.63, 3.8) is 0 Å². The molecule has 15 nitrogen and oxygen atoms in total. The first-order valence-corrected chi connectivity index (χ1v) is 14.7. The Labute approximate surface area is 263 Å². The van der Waals surface area contributed by atoms with Crippen LogP contribution in [-0.2, 0) is 35.0 Å². The van der Waals surface area contributed by atoms with Gasteiger partial charge in [-0.2, -0.15) is 0 Å². The molecule has 0 saturated carbocycles. The third-order valence-electron chi connectivity index (χ3n) is 7.20. The van der Waals surface area contributed by atoms with E-state index in [1.54, 1.807) is 70.7 Å². The van der Waals surface area contributed by atoms with E-state index in [9.17, 15) is 24.3 Å². The van der Waals surface area contributed by atoms with E-state index < -0.39 is 58.2 Å². The van der Waals surface area contributed by atoms with Crippen LogP contribution in [0.3, 0.4) is 0 Å². The number of esters is 2. The topological polar surface area (TPSA) is 220 Å². The van der Waals surface area contributed by atoms with Crippen LogP contribution in [0.5, 0.6) is 5.75 Å². The van der Waals surface area contributed by atoms with Crippen LogP contribution in [0, 0.1) is 5.41 Å². The molecule has 1 aromatic rings. The molecule has 0 aliphatic carbocycles. The number of carboxylic acid groups (broad SMARTS) is 1. The Morgan fingerprint density at radius 3 is 2.09 bits per heavy atom. The van der Waals surface area contributed by atoms with Gasteiger partial charge in [0.15, 0.2) is 11.6 Å². The Hall–Kier alpha value is -3.95. The molecule has 15 heteroatoms. The van der Waals surface area contributed by atoms with E-state index in [1.165, 1.54) is 4.90 Å². The number of carboxylic acids is 1. The molecule has 1 aromatic carbocycles. The number of cyclic esters (lactones) is 1. The maximum atomic E-state index is 13.6. The van der Waals surface area contributed by atoms with Crippen molar-refractivity contribution in [3.05, 3.63) is 29.8 Å². The molecule has 1 amide bonds. The van der Waals surface area contributed by atoms with E-state index in [0.717, 1.165) is 0 Å². The standard InChI is InChI=1S/C30H46N6O9/c1-27(2,3)44-24(39)29(33,23(37)38)15-19-7-9-20(10-8-19)42-17-21-16-35(26(41)43-21)18-30(22(31)32,25(40)45-28(4,5)6)36-13-11-34-12-14-36/h7-10,21,34H,11-18,33H2,1-6H3,(H3,31,32)(H,37,38). The minimum absolute atomic E-state index is 0.0252. The van der Waals surface area contributed by atoms with Crippen molar-refractivity contribution in [1.29, 1.82) is 5.41 Å². The predicted molar refractivity (Wildman–Crippen MR) is 163 cm³/mol. The number of hydrogen-bond acceptors (Lipinski definition) is 12. The number of nitrogens with one attached hydrogen (secondary N) is 2. The number of rotatable bonds is 12. The van der Waals surface area contributed by atoms with E-state index in [1.807, 2.05) is 0 Å². The zero-order valence-electron chi connectivity index (χ0n) is 26.8.